The van der Waals surface area contributed by atoms with Crippen LogP contribution in [-0.4, -0.2) is 22.8 Å². The molecule has 3 heteroatoms. The Bertz CT molecular complexity index is 114. The van der Waals surface area contributed by atoms with E-state index < -0.39 is 11.9 Å². The molecule has 0 saturated heterocycles. The third kappa shape index (κ3) is 2.28. The van der Waals surface area contributed by atoms with E-state index in [1.54, 1.807) is 6.92 Å². The molecule has 0 aliphatic carbocycles. The first-order valence-electron chi connectivity index (χ1n) is 2.58. The van der Waals surface area contributed by atoms with Crippen LogP contribution in [0.4, 0.5) is 0 Å². The van der Waals surface area contributed by atoms with Crippen LogP contribution in [0, 0.1) is 5.92 Å². The number of carboxylic acid groups (broad SMARTS) is 1. The normalized spacial score (nSPS) is 12.7. The quantitative estimate of drug-likeness (QED) is 0.538. The molecule has 0 heterocycles. The maximum atomic E-state index is 10.2. The number of rotatable bonds is 3. The second-order valence-corrected chi connectivity index (χ2v) is 1.92. The van der Waals surface area contributed by atoms with E-state index >= 15 is 0 Å². The van der Waals surface area contributed by atoms with Gasteiger partial charge in [0.05, 0.1) is 6.61 Å². The van der Waals surface area contributed by atoms with Crippen LogP contribution in [0.2, 0.25) is 0 Å². The van der Waals surface area contributed by atoms with Gasteiger partial charge in [-0.25, -0.2) is 0 Å². The van der Waals surface area contributed by atoms with Crippen molar-refractivity contribution >= 4 is 5.97 Å². The molecular formula is C6H10O3. The van der Waals surface area contributed by atoms with Gasteiger partial charge in [0.2, 0.25) is 0 Å². The summed E-state index contributed by atoms with van der Waals surface area (Å²) >= 11 is 0. The van der Waals surface area contributed by atoms with Crippen LogP contribution in [0.5, 0.6) is 0 Å². The maximum Gasteiger partial charge on any atom is 0.312 e. The lowest BCUT2D eigenvalue weighted by Gasteiger charge is -2.05. The van der Waals surface area contributed by atoms with Gasteiger partial charge >= 0.3 is 5.97 Å². The molecule has 0 rings (SSSR count). The third-order valence-electron chi connectivity index (χ3n) is 1.08. The van der Waals surface area contributed by atoms with Gasteiger partial charge in [-0.1, -0.05) is 12.2 Å². The summed E-state index contributed by atoms with van der Waals surface area (Å²) < 4.78 is 0. The highest BCUT2D eigenvalue weighted by Crippen LogP contribution is 2.05. The fourth-order valence-electron chi connectivity index (χ4n) is 0.445. The van der Waals surface area contributed by atoms with Gasteiger partial charge in [0.25, 0.3) is 0 Å². The molecule has 0 bridgehead atoms. The van der Waals surface area contributed by atoms with Crippen LogP contribution < -0.4 is 0 Å². The van der Waals surface area contributed by atoms with Crippen molar-refractivity contribution in [2.75, 3.05) is 6.61 Å². The predicted molar refractivity (Wildman–Crippen MR) is 33.0 cm³/mol. The van der Waals surface area contributed by atoms with E-state index in [1.807, 2.05) is 0 Å². The van der Waals surface area contributed by atoms with Crippen LogP contribution in [0.1, 0.15) is 6.92 Å². The van der Waals surface area contributed by atoms with Gasteiger partial charge in [-0.2, -0.15) is 0 Å². The summed E-state index contributed by atoms with van der Waals surface area (Å²) in [5, 5.41) is 16.7. The summed E-state index contributed by atoms with van der Waals surface area (Å²) in [5.41, 5.74) is 0.477. The number of aliphatic hydroxyl groups is 1. The predicted octanol–water partition coefficient (Wildman–Crippen LogP) is 0.256. The number of aliphatic hydroxyl groups excluding tert-OH is 1. The van der Waals surface area contributed by atoms with E-state index in [-0.39, 0.29) is 6.61 Å². The highest BCUT2D eigenvalue weighted by molar-refractivity contribution is 5.73. The summed E-state index contributed by atoms with van der Waals surface area (Å²) in [6.45, 7) is 4.61. The number of aliphatic carboxylic acids is 1. The Morgan fingerprint density at radius 2 is 2.22 bits per heavy atom. The van der Waals surface area contributed by atoms with E-state index in [2.05, 4.69) is 6.58 Å². The largest absolute Gasteiger partial charge is 0.481 e. The summed E-state index contributed by atoms with van der Waals surface area (Å²) in [7, 11) is 0. The second kappa shape index (κ2) is 3.25. The molecule has 0 aromatic heterocycles. The molecule has 0 amide bonds. The molecule has 2 N–H and O–H groups in total. The SMILES string of the molecule is C=C(C)[C@@H](CO)C(=O)O. The van der Waals surface area contributed by atoms with E-state index in [4.69, 9.17) is 10.2 Å². The van der Waals surface area contributed by atoms with Crippen LogP contribution in [-0.2, 0) is 4.79 Å². The molecule has 0 radical (unpaired) electrons. The van der Waals surface area contributed by atoms with Gasteiger partial charge < -0.3 is 10.2 Å². The van der Waals surface area contributed by atoms with Gasteiger partial charge in [0.15, 0.2) is 0 Å². The number of hydrogen-bond acceptors (Lipinski definition) is 2. The standard InChI is InChI=1S/C6H10O3/c1-4(2)5(3-7)6(8)9/h5,7H,1,3H2,2H3,(H,8,9)/t5-/m1/s1. The van der Waals surface area contributed by atoms with Crippen molar-refractivity contribution in [3.63, 3.8) is 0 Å². The molecular weight excluding hydrogens is 120 g/mol. The van der Waals surface area contributed by atoms with Crippen molar-refractivity contribution < 1.29 is 15.0 Å². The minimum absolute atomic E-state index is 0.370. The fourth-order valence-corrected chi connectivity index (χ4v) is 0.445. The first-order valence-corrected chi connectivity index (χ1v) is 2.58. The minimum atomic E-state index is -1.02. The average Bonchev–Trinajstić information content (AvgIpc) is 1.64. The van der Waals surface area contributed by atoms with Crippen LogP contribution in [0.25, 0.3) is 0 Å². The van der Waals surface area contributed by atoms with Crippen molar-refractivity contribution in [2.45, 2.75) is 6.92 Å². The fraction of sp³-hybridized carbons (Fsp3) is 0.500. The van der Waals surface area contributed by atoms with Crippen molar-refractivity contribution in [2.24, 2.45) is 5.92 Å². The first kappa shape index (κ1) is 8.17. The Morgan fingerprint density at radius 3 is 2.22 bits per heavy atom. The highest BCUT2D eigenvalue weighted by atomic mass is 16.4. The zero-order valence-electron chi connectivity index (χ0n) is 5.29. The summed E-state index contributed by atoms with van der Waals surface area (Å²) in [6.07, 6.45) is 0. The minimum Gasteiger partial charge on any atom is -0.481 e. The third-order valence-corrected chi connectivity index (χ3v) is 1.08. The van der Waals surface area contributed by atoms with Gasteiger partial charge in [-0.05, 0) is 6.92 Å². The van der Waals surface area contributed by atoms with Gasteiger partial charge in [-0.3, -0.25) is 4.79 Å². The summed E-state index contributed by atoms with van der Waals surface area (Å²) in [4.78, 5) is 10.2. The molecule has 1 atom stereocenters. The smallest absolute Gasteiger partial charge is 0.312 e. The molecule has 0 spiro atoms. The Labute approximate surface area is 53.6 Å². The molecule has 52 valence electrons. The molecule has 3 nitrogen and oxygen atoms in total. The average molecular weight is 130 g/mol. The lowest BCUT2D eigenvalue weighted by atomic mass is 10.0. The highest BCUT2D eigenvalue weighted by Gasteiger charge is 2.15. The van der Waals surface area contributed by atoms with Gasteiger partial charge in [0, 0.05) is 0 Å². The zero-order chi connectivity index (χ0) is 7.44. The molecule has 9 heavy (non-hydrogen) atoms. The monoisotopic (exact) mass is 130 g/mol. The molecule has 0 fully saturated rings. The Hall–Kier alpha value is -0.830. The zero-order valence-corrected chi connectivity index (χ0v) is 5.29. The van der Waals surface area contributed by atoms with Crippen LogP contribution in [0.15, 0.2) is 12.2 Å². The van der Waals surface area contributed by atoms with E-state index in [0.717, 1.165) is 0 Å². The van der Waals surface area contributed by atoms with Gasteiger partial charge in [0.1, 0.15) is 5.92 Å². The summed E-state index contributed by atoms with van der Waals surface area (Å²) in [5.74, 6) is -1.82. The number of hydrogen-bond donors (Lipinski definition) is 2. The molecule has 0 aromatic rings. The van der Waals surface area contributed by atoms with Crippen molar-refractivity contribution in [3.8, 4) is 0 Å². The summed E-state index contributed by atoms with van der Waals surface area (Å²) in [6, 6.07) is 0. The Balaban J connectivity index is 3.99. The van der Waals surface area contributed by atoms with E-state index in [0.29, 0.717) is 5.57 Å². The topological polar surface area (TPSA) is 57.5 Å². The first-order chi connectivity index (χ1) is 4.09. The number of carbonyl (C=O) groups is 1. The van der Waals surface area contributed by atoms with Crippen LogP contribution >= 0.6 is 0 Å². The lowest BCUT2D eigenvalue weighted by Crippen LogP contribution is -2.18. The van der Waals surface area contributed by atoms with Crippen molar-refractivity contribution in [3.05, 3.63) is 12.2 Å². The lowest BCUT2D eigenvalue weighted by molar-refractivity contribution is -0.141. The molecule has 0 unspecified atom stereocenters. The molecule has 0 aliphatic heterocycles. The Morgan fingerprint density at radius 1 is 1.78 bits per heavy atom. The van der Waals surface area contributed by atoms with E-state index in [1.165, 1.54) is 0 Å². The number of carboxylic acids is 1. The Kier molecular flexibility index (Phi) is 2.95. The van der Waals surface area contributed by atoms with Gasteiger partial charge in [-0.15, -0.1) is 0 Å². The molecule has 0 saturated carbocycles. The second-order valence-electron chi connectivity index (χ2n) is 1.92. The van der Waals surface area contributed by atoms with Crippen molar-refractivity contribution in [1.82, 2.24) is 0 Å². The molecule has 0 aromatic carbocycles. The maximum absolute atomic E-state index is 10.2. The molecule has 0 aliphatic rings. The van der Waals surface area contributed by atoms with E-state index in [9.17, 15) is 4.79 Å². The van der Waals surface area contributed by atoms with Crippen molar-refractivity contribution in [1.29, 1.82) is 0 Å². The van der Waals surface area contributed by atoms with Crippen LogP contribution in [0.3, 0.4) is 0 Å².